The Morgan fingerprint density at radius 1 is 1.33 bits per heavy atom. The van der Waals surface area contributed by atoms with Gasteiger partial charge >= 0.3 is 6.18 Å². The molecule has 0 saturated heterocycles. The van der Waals surface area contributed by atoms with Crippen LogP contribution in [0, 0.1) is 11.7 Å². The van der Waals surface area contributed by atoms with Crippen LogP contribution in [0.4, 0.5) is 17.6 Å². The van der Waals surface area contributed by atoms with Crippen LogP contribution in [0.3, 0.4) is 0 Å². The standard InChI is InChI=1S/C13H15F4N/c1-8-4-5-12(18,7-8)9-2-3-11(14)10(6-9)13(15,16)17/h2-3,6,8H,4-5,7,18H2,1H3. The van der Waals surface area contributed by atoms with Crippen LogP contribution in [-0.4, -0.2) is 0 Å². The Bertz CT molecular complexity index is 455. The highest BCUT2D eigenvalue weighted by Crippen LogP contribution is 2.41. The van der Waals surface area contributed by atoms with Crippen molar-refractivity contribution in [3.05, 3.63) is 35.1 Å². The first-order valence-corrected chi connectivity index (χ1v) is 5.88. The summed E-state index contributed by atoms with van der Waals surface area (Å²) < 4.78 is 51.1. The largest absolute Gasteiger partial charge is 0.419 e. The minimum Gasteiger partial charge on any atom is -0.321 e. The molecular weight excluding hydrogens is 246 g/mol. The van der Waals surface area contributed by atoms with Crippen molar-refractivity contribution in [2.24, 2.45) is 11.7 Å². The number of hydrogen-bond acceptors (Lipinski definition) is 1. The van der Waals surface area contributed by atoms with Gasteiger partial charge in [0, 0.05) is 5.54 Å². The zero-order chi connectivity index (χ0) is 13.6. The lowest BCUT2D eigenvalue weighted by atomic mass is 9.87. The fourth-order valence-electron chi connectivity index (χ4n) is 2.64. The predicted molar refractivity (Wildman–Crippen MR) is 60.3 cm³/mol. The molecule has 0 heterocycles. The van der Waals surface area contributed by atoms with E-state index in [0.29, 0.717) is 24.3 Å². The number of nitrogens with two attached hydrogens (primary N) is 1. The number of halogens is 4. The van der Waals surface area contributed by atoms with Crippen molar-refractivity contribution in [1.82, 2.24) is 0 Å². The molecule has 2 unspecified atom stereocenters. The molecule has 1 aliphatic rings. The smallest absolute Gasteiger partial charge is 0.321 e. The van der Waals surface area contributed by atoms with E-state index < -0.39 is 23.1 Å². The lowest BCUT2D eigenvalue weighted by molar-refractivity contribution is -0.140. The second-order valence-corrected chi connectivity index (χ2v) is 5.20. The second-order valence-electron chi connectivity index (χ2n) is 5.20. The van der Waals surface area contributed by atoms with E-state index in [0.717, 1.165) is 18.6 Å². The molecule has 0 amide bonds. The molecule has 1 nitrogen and oxygen atoms in total. The number of rotatable bonds is 1. The maximum absolute atomic E-state index is 13.2. The minimum absolute atomic E-state index is 0.376. The van der Waals surface area contributed by atoms with Crippen molar-refractivity contribution in [3.8, 4) is 0 Å². The topological polar surface area (TPSA) is 26.0 Å². The van der Waals surface area contributed by atoms with Gasteiger partial charge < -0.3 is 5.73 Å². The van der Waals surface area contributed by atoms with E-state index in [9.17, 15) is 17.6 Å². The van der Waals surface area contributed by atoms with E-state index in [1.54, 1.807) is 0 Å². The first-order chi connectivity index (χ1) is 8.22. The minimum atomic E-state index is -4.68. The highest BCUT2D eigenvalue weighted by atomic mass is 19.4. The van der Waals surface area contributed by atoms with Crippen molar-refractivity contribution < 1.29 is 17.6 Å². The summed E-state index contributed by atoms with van der Waals surface area (Å²) in [5, 5.41) is 0. The third-order valence-corrected chi connectivity index (χ3v) is 3.64. The van der Waals surface area contributed by atoms with Gasteiger partial charge in [-0.25, -0.2) is 4.39 Å². The molecule has 2 N–H and O–H groups in total. The zero-order valence-electron chi connectivity index (χ0n) is 10.0. The molecular formula is C13H15F4N. The summed E-state index contributed by atoms with van der Waals surface area (Å²) in [6.07, 6.45) is -2.52. The third-order valence-electron chi connectivity index (χ3n) is 3.64. The summed E-state index contributed by atoms with van der Waals surface area (Å²) in [5.41, 5.74) is 4.53. The fourth-order valence-corrected chi connectivity index (χ4v) is 2.64. The molecule has 2 rings (SSSR count). The highest BCUT2D eigenvalue weighted by molar-refractivity contribution is 5.33. The Morgan fingerprint density at radius 2 is 2.00 bits per heavy atom. The highest BCUT2D eigenvalue weighted by Gasteiger charge is 2.39. The lowest BCUT2D eigenvalue weighted by Crippen LogP contribution is -2.34. The van der Waals surface area contributed by atoms with E-state index in [1.807, 2.05) is 6.92 Å². The van der Waals surface area contributed by atoms with Gasteiger partial charge in [-0.05, 0) is 42.9 Å². The maximum atomic E-state index is 13.2. The molecule has 0 bridgehead atoms. The molecule has 100 valence electrons. The molecule has 5 heteroatoms. The van der Waals surface area contributed by atoms with Crippen molar-refractivity contribution >= 4 is 0 Å². The van der Waals surface area contributed by atoms with Crippen LogP contribution in [0.15, 0.2) is 18.2 Å². The van der Waals surface area contributed by atoms with E-state index in [2.05, 4.69) is 0 Å². The third kappa shape index (κ3) is 2.36. The monoisotopic (exact) mass is 261 g/mol. The van der Waals surface area contributed by atoms with E-state index >= 15 is 0 Å². The molecule has 0 spiro atoms. The average Bonchev–Trinajstić information content (AvgIpc) is 2.58. The van der Waals surface area contributed by atoms with E-state index in [1.165, 1.54) is 6.07 Å². The lowest BCUT2D eigenvalue weighted by Gasteiger charge is -2.25. The van der Waals surface area contributed by atoms with Gasteiger partial charge in [0.15, 0.2) is 0 Å². The molecule has 1 fully saturated rings. The Labute approximate surface area is 103 Å². The van der Waals surface area contributed by atoms with E-state index in [-0.39, 0.29) is 0 Å². The van der Waals surface area contributed by atoms with Crippen LogP contribution in [0.1, 0.15) is 37.3 Å². The van der Waals surface area contributed by atoms with Gasteiger partial charge in [-0.3, -0.25) is 0 Å². The van der Waals surface area contributed by atoms with Crippen molar-refractivity contribution in [2.45, 2.75) is 37.9 Å². The van der Waals surface area contributed by atoms with Gasteiger partial charge in [0.25, 0.3) is 0 Å². The Morgan fingerprint density at radius 3 is 2.50 bits per heavy atom. The second kappa shape index (κ2) is 4.23. The van der Waals surface area contributed by atoms with Crippen molar-refractivity contribution in [2.75, 3.05) is 0 Å². The average molecular weight is 261 g/mol. The SMILES string of the molecule is CC1CCC(N)(c2ccc(F)c(C(F)(F)F)c2)C1. The number of hydrogen-bond donors (Lipinski definition) is 1. The first-order valence-electron chi connectivity index (χ1n) is 5.88. The Hall–Kier alpha value is -1.10. The van der Waals surface area contributed by atoms with Gasteiger partial charge in [-0.2, -0.15) is 13.2 Å². The number of alkyl halides is 3. The quantitative estimate of drug-likeness (QED) is 0.764. The molecule has 0 radical (unpaired) electrons. The molecule has 1 aromatic carbocycles. The predicted octanol–water partition coefficient (Wildman–Crippen LogP) is 3.82. The van der Waals surface area contributed by atoms with Crippen molar-refractivity contribution in [3.63, 3.8) is 0 Å². The summed E-state index contributed by atoms with van der Waals surface area (Å²) in [7, 11) is 0. The zero-order valence-corrected chi connectivity index (χ0v) is 10.0. The first kappa shape index (κ1) is 13.3. The molecule has 0 aromatic heterocycles. The Kier molecular flexibility index (Phi) is 3.13. The maximum Gasteiger partial charge on any atom is 0.419 e. The van der Waals surface area contributed by atoms with Crippen LogP contribution < -0.4 is 5.73 Å². The van der Waals surface area contributed by atoms with Gasteiger partial charge in [-0.15, -0.1) is 0 Å². The summed E-state index contributed by atoms with van der Waals surface area (Å²) in [5.74, 6) is -0.865. The van der Waals surface area contributed by atoms with Crippen LogP contribution in [0.2, 0.25) is 0 Å². The summed E-state index contributed by atoms with van der Waals surface area (Å²) in [6.45, 7) is 2.02. The summed E-state index contributed by atoms with van der Waals surface area (Å²) in [4.78, 5) is 0. The molecule has 18 heavy (non-hydrogen) atoms. The Balaban J connectivity index is 2.42. The van der Waals surface area contributed by atoms with Gasteiger partial charge in [0.2, 0.25) is 0 Å². The molecule has 1 saturated carbocycles. The van der Waals surface area contributed by atoms with Gasteiger partial charge in [0.1, 0.15) is 5.82 Å². The normalized spacial score (nSPS) is 28.7. The number of benzene rings is 1. The van der Waals surface area contributed by atoms with E-state index in [4.69, 9.17) is 5.73 Å². The van der Waals surface area contributed by atoms with Crippen LogP contribution in [0.25, 0.3) is 0 Å². The summed E-state index contributed by atoms with van der Waals surface area (Å²) in [6, 6.07) is 3.08. The van der Waals surface area contributed by atoms with Crippen molar-refractivity contribution in [1.29, 1.82) is 0 Å². The molecule has 1 aromatic rings. The van der Waals surface area contributed by atoms with Gasteiger partial charge in [-0.1, -0.05) is 13.0 Å². The van der Waals surface area contributed by atoms with Gasteiger partial charge in [0.05, 0.1) is 5.56 Å². The summed E-state index contributed by atoms with van der Waals surface area (Å²) >= 11 is 0. The molecule has 1 aliphatic carbocycles. The fraction of sp³-hybridized carbons (Fsp3) is 0.538. The van der Waals surface area contributed by atoms with Crippen LogP contribution >= 0.6 is 0 Å². The van der Waals surface area contributed by atoms with Crippen LogP contribution in [0.5, 0.6) is 0 Å². The molecule has 2 atom stereocenters. The van der Waals surface area contributed by atoms with Crippen LogP contribution in [-0.2, 0) is 11.7 Å². The molecule has 0 aliphatic heterocycles.